The number of pyridine rings is 1. The summed E-state index contributed by atoms with van der Waals surface area (Å²) in [5.41, 5.74) is 4.56. The summed E-state index contributed by atoms with van der Waals surface area (Å²) >= 11 is 7.64. The average molecular weight is 445 g/mol. The number of benzene rings is 3. The van der Waals surface area contributed by atoms with Gasteiger partial charge in [-0.1, -0.05) is 82.7 Å². The van der Waals surface area contributed by atoms with Gasteiger partial charge >= 0.3 is 0 Å². The Kier molecular flexibility index (Phi) is 5.63. The van der Waals surface area contributed by atoms with Crippen LogP contribution in [0.5, 0.6) is 0 Å². The summed E-state index contributed by atoms with van der Waals surface area (Å²) in [6.07, 6.45) is 3.68. The second-order valence-electron chi connectivity index (χ2n) is 6.85. The van der Waals surface area contributed by atoms with Crippen molar-refractivity contribution < 1.29 is 9.32 Å². The molecule has 2 heterocycles. The molecule has 31 heavy (non-hydrogen) atoms. The number of hydrogen-bond donors (Lipinski definition) is 0. The summed E-state index contributed by atoms with van der Waals surface area (Å²) in [5.74, 6) is 0. The monoisotopic (exact) mass is 444 g/mol. The van der Waals surface area contributed by atoms with Gasteiger partial charge in [-0.2, -0.15) is 0 Å². The van der Waals surface area contributed by atoms with Gasteiger partial charge in [0.2, 0.25) is 0 Å². The third kappa shape index (κ3) is 4.16. The van der Waals surface area contributed by atoms with Crippen LogP contribution in [0.15, 0.2) is 108 Å². The van der Waals surface area contributed by atoms with Crippen molar-refractivity contribution in [1.29, 1.82) is 0 Å². The van der Waals surface area contributed by atoms with Gasteiger partial charge in [0.15, 0.2) is 5.65 Å². The molecule has 152 valence electrons. The molecule has 0 bridgehead atoms. The average Bonchev–Trinajstić information content (AvgIpc) is 3.18. The van der Waals surface area contributed by atoms with Crippen LogP contribution >= 0.6 is 23.6 Å². The maximum atomic E-state index is 6.50. The van der Waals surface area contributed by atoms with Gasteiger partial charge < -0.3 is 0 Å². The topological polar surface area (TPSA) is 36.3 Å². The molecule has 0 aliphatic carbocycles. The summed E-state index contributed by atoms with van der Waals surface area (Å²) < 4.78 is 6.94. The summed E-state index contributed by atoms with van der Waals surface area (Å²) in [7, 11) is 0. The first kappa shape index (κ1) is 19.7. The van der Waals surface area contributed by atoms with Crippen molar-refractivity contribution in [3.63, 3.8) is 0 Å². The van der Waals surface area contributed by atoms with Crippen molar-refractivity contribution in [3.8, 4) is 22.3 Å². The molecule has 6 heteroatoms. The Balaban J connectivity index is 1.55. The fourth-order valence-electron chi connectivity index (χ4n) is 3.38. The Hall–Kier alpha value is -3.25. The van der Waals surface area contributed by atoms with Crippen molar-refractivity contribution in [3.05, 3.63) is 108 Å². The van der Waals surface area contributed by atoms with Gasteiger partial charge in [-0.15, -0.1) is 4.73 Å². The third-order valence-corrected chi connectivity index (χ3v) is 5.79. The molecular formula is C25H17ClN2O2S. The first-order chi connectivity index (χ1) is 15.3. The van der Waals surface area contributed by atoms with Crippen LogP contribution in [0.25, 0.3) is 33.3 Å². The van der Waals surface area contributed by atoms with E-state index in [-0.39, 0.29) is 0 Å². The van der Waals surface area contributed by atoms with Crippen LogP contribution in [0.2, 0.25) is 5.02 Å². The molecule has 0 aliphatic heterocycles. The molecule has 0 atom stereocenters. The van der Waals surface area contributed by atoms with Crippen molar-refractivity contribution >= 4 is 34.7 Å². The van der Waals surface area contributed by atoms with E-state index in [4.69, 9.17) is 20.9 Å². The van der Waals surface area contributed by atoms with Crippen LogP contribution in [0.3, 0.4) is 0 Å². The van der Waals surface area contributed by atoms with E-state index in [1.807, 2.05) is 85.2 Å². The molecular weight excluding hydrogens is 428 g/mol. The van der Waals surface area contributed by atoms with Gasteiger partial charge in [0.1, 0.15) is 0 Å². The van der Waals surface area contributed by atoms with Crippen LogP contribution in [-0.2, 0) is 4.33 Å². The molecule has 0 amide bonds. The molecule has 4 nitrogen and oxygen atoms in total. The minimum absolute atomic E-state index is 0.642. The smallest absolute Gasteiger partial charge is 0.179 e. The molecule has 0 fully saturated rings. The maximum absolute atomic E-state index is 6.50. The Labute approximate surface area is 189 Å². The fourth-order valence-corrected chi connectivity index (χ4v) is 4.06. The van der Waals surface area contributed by atoms with E-state index in [1.54, 1.807) is 0 Å². The molecule has 5 aromatic rings. The second kappa shape index (κ2) is 8.86. The van der Waals surface area contributed by atoms with Crippen molar-refractivity contribution in [1.82, 2.24) is 9.71 Å². The lowest BCUT2D eigenvalue weighted by Crippen LogP contribution is -2.07. The van der Waals surface area contributed by atoms with Gasteiger partial charge in [-0.05, 0) is 29.8 Å². The van der Waals surface area contributed by atoms with E-state index in [9.17, 15) is 0 Å². The molecule has 0 saturated carbocycles. The highest BCUT2D eigenvalue weighted by Gasteiger charge is 2.16. The van der Waals surface area contributed by atoms with Crippen LogP contribution in [0, 0.1) is 0 Å². The number of hydrogen-bond acceptors (Lipinski definition) is 4. The van der Waals surface area contributed by atoms with Crippen LogP contribution in [0.4, 0.5) is 0 Å². The van der Waals surface area contributed by atoms with Gasteiger partial charge in [-0.25, -0.2) is 9.97 Å². The number of halogens is 1. The molecule has 0 saturated heterocycles. The summed E-state index contributed by atoms with van der Waals surface area (Å²) in [4.78, 5) is 11.2. The lowest BCUT2D eigenvalue weighted by molar-refractivity contribution is -0.188. The zero-order valence-corrected chi connectivity index (χ0v) is 17.9. The zero-order valence-electron chi connectivity index (χ0n) is 16.3. The lowest BCUT2D eigenvalue weighted by Gasteiger charge is -2.05. The van der Waals surface area contributed by atoms with E-state index in [2.05, 4.69) is 23.2 Å². The van der Waals surface area contributed by atoms with Crippen molar-refractivity contribution in [2.45, 2.75) is 4.90 Å². The van der Waals surface area contributed by atoms with E-state index in [0.29, 0.717) is 10.7 Å². The van der Waals surface area contributed by atoms with E-state index in [0.717, 1.165) is 44.6 Å². The fraction of sp³-hybridized carbons (Fsp3) is 0. The second-order valence-corrected chi connectivity index (χ2v) is 8.03. The van der Waals surface area contributed by atoms with Crippen LogP contribution in [0.1, 0.15) is 0 Å². The molecule has 0 aliphatic rings. The summed E-state index contributed by atoms with van der Waals surface area (Å²) in [6, 6.07) is 29.7. The van der Waals surface area contributed by atoms with E-state index < -0.39 is 0 Å². The summed E-state index contributed by atoms with van der Waals surface area (Å²) in [5, 5.41) is 1.58. The highest BCUT2D eigenvalue weighted by Crippen LogP contribution is 2.36. The van der Waals surface area contributed by atoms with E-state index in [1.165, 1.54) is 4.73 Å². The maximum Gasteiger partial charge on any atom is 0.179 e. The number of fused-ring (bicyclic) bond motifs is 1. The van der Waals surface area contributed by atoms with E-state index >= 15 is 0 Å². The van der Waals surface area contributed by atoms with Crippen molar-refractivity contribution in [2.75, 3.05) is 0 Å². The van der Waals surface area contributed by atoms with Gasteiger partial charge in [-0.3, -0.25) is 0 Å². The first-order valence-corrected chi connectivity index (χ1v) is 10.8. The van der Waals surface area contributed by atoms with Crippen LogP contribution in [-0.4, -0.2) is 9.71 Å². The minimum atomic E-state index is 0.642. The molecule has 5 rings (SSSR count). The third-order valence-electron chi connectivity index (χ3n) is 4.87. The SMILES string of the molecule is Clc1ccccc1-c1cn(OOSc2ccccc2)c2ncc(-c3ccccc3)cc12. The van der Waals surface area contributed by atoms with Gasteiger partial charge in [0, 0.05) is 38.2 Å². The predicted molar refractivity (Wildman–Crippen MR) is 126 cm³/mol. The standard InChI is InChI=1S/C25H17ClN2O2S/c26-24-14-8-7-13-21(24)23-17-28(29-30-31-20-11-5-2-6-12-20)25-22(23)15-19(16-27-25)18-9-3-1-4-10-18/h1-17H. The Bertz CT molecular complexity index is 1320. The molecule has 0 unspecified atom stereocenters. The largest absolute Gasteiger partial charge is 0.235 e. The molecule has 0 radical (unpaired) electrons. The predicted octanol–water partition coefficient (Wildman–Crippen LogP) is 7.09. The van der Waals surface area contributed by atoms with Crippen molar-refractivity contribution in [2.24, 2.45) is 0 Å². The number of aromatic nitrogens is 2. The highest BCUT2D eigenvalue weighted by atomic mass is 35.5. The minimum Gasteiger partial charge on any atom is -0.235 e. The molecule has 0 N–H and O–H groups in total. The summed E-state index contributed by atoms with van der Waals surface area (Å²) in [6.45, 7) is 0. The van der Waals surface area contributed by atoms with Crippen LogP contribution < -0.4 is 4.99 Å². The zero-order chi connectivity index (χ0) is 21.0. The molecule has 3 aromatic carbocycles. The van der Waals surface area contributed by atoms with Gasteiger partial charge in [0.05, 0.1) is 18.2 Å². The Morgan fingerprint density at radius 1 is 0.774 bits per heavy atom. The Morgan fingerprint density at radius 2 is 1.48 bits per heavy atom. The lowest BCUT2D eigenvalue weighted by atomic mass is 10.0. The first-order valence-electron chi connectivity index (χ1n) is 9.68. The number of nitrogens with zero attached hydrogens (tertiary/aromatic N) is 2. The molecule has 2 aromatic heterocycles. The molecule has 0 spiro atoms. The quantitative estimate of drug-likeness (QED) is 0.159. The Morgan fingerprint density at radius 3 is 2.26 bits per heavy atom. The normalized spacial score (nSPS) is 11.0. The number of rotatable bonds is 6. The highest BCUT2D eigenvalue weighted by molar-refractivity contribution is 7.94. The van der Waals surface area contributed by atoms with Gasteiger partial charge in [0.25, 0.3) is 0 Å².